The molecule has 1 aliphatic rings. The van der Waals surface area contributed by atoms with Gasteiger partial charge in [-0.1, -0.05) is 22.0 Å². The first kappa shape index (κ1) is 16.5. The summed E-state index contributed by atoms with van der Waals surface area (Å²) in [6.45, 7) is 2.09. The number of benzene rings is 1. The maximum atomic E-state index is 12.9. The summed E-state index contributed by atoms with van der Waals surface area (Å²) in [4.78, 5) is 12.1. The second kappa shape index (κ2) is 6.46. The van der Waals surface area contributed by atoms with Crippen LogP contribution in [0.1, 0.15) is 24.8 Å². The van der Waals surface area contributed by atoms with Gasteiger partial charge in [0.15, 0.2) is 0 Å². The molecule has 1 aromatic carbocycles. The lowest BCUT2D eigenvalue weighted by atomic mass is 10.1. The predicted octanol–water partition coefficient (Wildman–Crippen LogP) is 2.47. The Bertz CT molecular complexity index is 644. The zero-order valence-corrected chi connectivity index (χ0v) is 14.4. The average molecular weight is 376 g/mol. The number of aryl methyl sites for hydroxylation is 1. The quantitative estimate of drug-likeness (QED) is 0.761. The smallest absolute Gasteiger partial charge is 0.324 e. The number of carbonyl (C=O) groups excluding carboxylic acids is 1. The summed E-state index contributed by atoms with van der Waals surface area (Å²) >= 11 is 3.30. The molecule has 0 aromatic heterocycles. The zero-order chi connectivity index (χ0) is 15.6. The number of hydrogen-bond donors (Lipinski definition) is 0. The van der Waals surface area contributed by atoms with Crippen molar-refractivity contribution in [1.29, 1.82) is 0 Å². The van der Waals surface area contributed by atoms with Crippen molar-refractivity contribution in [2.75, 3.05) is 13.7 Å². The minimum Gasteiger partial charge on any atom is -0.468 e. The number of halogens is 1. The van der Waals surface area contributed by atoms with Crippen molar-refractivity contribution in [3.05, 3.63) is 28.2 Å². The summed E-state index contributed by atoms with van der Waals surface area (Å²) in [6, 6.07) is 4.39. The molecule has 0 N–H and O–H groups in total. The molecular weight excluding hydrogens is 358 g/mol. The van der Waals surface area contributed by atoms with Gasteiger partial charge in [-0.15, -0.1) is 0 Å². The van der Waals surface area contributed by atoms with Gasteiger partial charge in [0.1, 0.15) is 6.04 Å². The van der Waals surface area contributed by atoms with Gasteiger partial charge in [0, 0.05) is 11.0 Å². The minimum atomic E-state index is -3.72. The van der Waals surface area contributed by atoms with Crippen LogP contribution >= 0.6 is 15.9 Å². The van der Waals surface area contributed by atoms with Crippen LogP contribution in [0.2, 0.25) is 0 Å². The van der Waals surface area contributed by atoms with E-state index in [4.69, 9.17) is 4.74 Å². The molecule has 1 aliphatic heterocycles. The number of sulfonamides is 1. The number of methoxy groups -OCH3 is 1. The Labute approximate surface area is 133 Å². The maximum Gasteiger partial charge on any atom is 0.324 e. The Hall–Kier alpha value is -0.920. The van der Waals surface area contributed by atoms with Gasteiger partial charge in [-0.05, 0) is 43.9 Å². The normalized spacial score (nSPS) is 20.2. The van der Waals surface area contributed by atoms with Crippen LogP contribution in [0.5, 0.6) is 0 Å². The van der Waals surface area contributed by atoms with Gasteiger partial charge in [0.2, 0.25) is 10.0 Å². The van der Waals surface area contributed by atoms with E-state index in [9.17, 15) is 13.2 Å². The molecule has 0 bridgehead atoms. The van der Waals surface area contributed by atoms with Gasteiger partial charge in [-0.3, -0.25) is 4.79 Å². The molecule has 0 aliphatic carbocycles. The summed E-state index contributed by atoms with van der Waals surface area (Å²) in [7, 11) is -2.43. The Kier molecular flexibility index (Phi) is 5.06. The molecule has 1 heterocycles. The van der Waals surface area contributed by atoms with E-state index in [0.717, 1.165) is 12.8 Å². The van der Waals surface area contributed by atoms with Gasteiger partial charge in [-0.25, -0.2) is 8.42 Å². The van der Waals surface area contributed by atoms with Crippen molar-refractivity contribution in [3.8, 4) is 0 Å². The second-order valence-corrected chi connectivity index (χ2v) is 7.83. The first-order valence-corrected chi connectivity index (χ1v) is 8.97. The topological polar surface area (TPSA) is 63.7 Å². The molecule has 2 rings (SSSR count). The molecule has 0 amide bonds. The highest BCUT2D eigenvalue weighted by Crippen LogP contribution is 2.29. The van der Waals surface area contributed by atoms with Crippen molar-refractivity contribution in [3.63, 3.8) is 0 Å². The monoisotopic (exact) mass is 375 g/mol. The van der Waals surface area contributed by atoms with Crippen molar-refractivity contribution in [2.45, 2.75) is 37.1 Å². The molecule has 1 saturated heterocycles. The summed E-state index contributed by atoms with van der Waals surface area (Å²) in [5.74, 6) is -0.495. The molecule has 0 spiro atoms. The third kappa shape index (κ3) is 3.30. The number of hydrogen-bond acceptors (Lipinski definition) is 4. The van der Waals surface area contributed by atoms with Crippen LogP contribution in [-0.2, 0) is 19.6 Å². The highest BCUT2D eigenvalue weighted by atomic mass is 79.9. The lowest BCUT2D eigenvalue weighted by Crippen LogP contribution is -2.48. The van der Waals surface area contributed by atoms with Crippen molar-refractivity contribution < 1.29 is 17.9 Å². The Morgan fingerprint density at radius 2 is 2.10 bits per heavy atom. The Morgan fingerprint density at radius 3 is 2.76 bits per heavy atom. The second-order valence-electron chi connectivity index (χ2n) is 5.06. The van der Waals surface area contributed by atoms with E-state index in [1.54, 1.807) is 25.1 Å². The van der Waals surface area contributed by atoms with Gasteiger partial charge in [0.05, 0.1) is 12.0 Å². The van der Waals surface area contributed by atoms with Crippen LogP contribution in [0.25, 0.3) is 0 Å². The standard InChI is InChI=1S/C14H18BrNO4S/c1-10-6-7-11(15)9-13(10)21(18,19)16-8-4-3-5-12(16)14(17)20-2/h6-7,9,12H,3-5,8H2,1-2H3/t12-/m1/s1. The maximum absolute atomic E-state index is 12.9. The fourth-order valence-corrected chi connectivity index (χ4v) is 4.95. The SMILES string of the molecule is COC(=O)[C@H]1CCCCN1S(=O)(=O)c1cc(Br)ccc1C. The number of nitrogens with zero attached hydrogens (tertiary/aromatic N) is 1. The fourth-order valence-electron chi connectivity index (χ4n) is 2.54. The molecule has 7 heteroatoms. The number of ether oxygens (including phenoxy) is 1. The van der Waals surface area contributed by atoms with Gasteiger partial charge >= 0.3 is 5.97 Å². The van der Waals surface area contributed by atoms with Crippen molar-refractivity contribution >= 4 is 31.9 Å². The van der Waals surface area contributed by atoms with Crippen LogP contribution in [0.15, 0.2) is 27.6 Å². The molecule has 1 atom stereocenters. The van der Waals surface area contributed by atoms with E-state index in [0.29, 0.717) is 23.0 Å². The van der Waals surface area contributed by atoms with Crippen LogP contribution in [-0.4, -0.2) is 38.4 Å². The third-order valence-corrected chi connectivity index (χ3v) is 6.21. The Morgan fingerprint density at radius 1 is 1.38 bits per heavy atom. The fraction of sp³-hybridized carbons (Fsp3) is 0.500. The van der Waals surface area contributed by atoms with E-state index in [1.807, 2.05) is 0 Å². The number of carbonyl (C=O) groups is 1. The number of piperidine rings is 1. The molecule has 0 radical (unpaired) electrons. The third-order valence-electron chi connectivity index (χ3n) is 3.66. The van der Waals surface area contributed by atoms with Crippen LogP contribution < -0.4 is 0 Å². The van der Waals surface area contributed by atoms with E-state index < -0.39 is 22.0 Å². The van der Waals surface area contributed by atoms with E-state index in [-0.39, 0.29) is 4.90 Å². The van der Waals surface area contributed by atoms with E-state index in [1.165, 1.54) is 11.4 Å². The predicted molar refractivity (Wildman–Crippen MR) is 82.4 cm³/mol. The largest absolute Gasteiger partial charge is 0.468 e. The lowest BCUT2D eigenvalue weighted by Gasteiger charge is -2.33. The molecule has 21 heavy (non-hydrogen) atoms. The van der Waals surface area contributed by atoms with E-state index in [2.05, 4.69) is 15.9 Å². The van der Waals surface area contributed by atoms with Gasteiger partial charge < -0.3 is 4.74 Å². The summed E-state index contributed by atoms with van der Waals surface area (Å²) < 4.78 is 32.5. The van der Waals surface area contributed by atoms with Gasteiger partial charge in [-0.2, -0.15) is 4.31 Å². The van der Waals surface area contributed by atoms with Crippen LogP contribution in [0, 0.1) is 6.92 Å². The Balaban J connectivity index is 2.45. The van der Waals surface area contributed by atoms with Crippen LogP contribution in [0.4, 0.5) is 0 Å². The number of rotatable bonds is 3. The van der Waals surface area contributed by atoms with Crippen molar-refractivity contribution in [1.82, 2.24) is 4.31 Å². The minimum absolute atomic E-state index is 0.229. The first-order chi connectivity index (χ1) is 9.87. The molecular formula is C14H18BrNO4S. The van der Waals surface area contributed by atoms with E-state index >= 15 is 0 Å². The molecule has 0 saturated carbocycles. The van der Waals surface area contributed by atoms with Crippen molar-refractivity contribution in [2.24, 2.45) is 0 Å². The molecule has 1 fully saturated rings. The highest BCUT2D eigenvalue weighted by molar-refractivity contribution is 9.10. The van der Waals surface area contributed by atoms with Gasteiger partial charge in [0.25, 0.3) is 0 Å². The zero-order valence-electron chi connectivity index (χ0n) is 12.0. The highest BCUT2D eigenvalue weighted by Gasteiger charge is 2.38. The summed E-state index contributed by atoms with van der Waals surface area (Å²) in [5.41, 5.74) is 0.660. The lowest BCUT2D eigenvalue weighted by molar-refractivity contribution is -0.146. The molecule has 0 unspecified atom stereocenters. The first-order valence-electron chi connectivity index (χ1n) is 6.73. The molecule has 1 aromatic rings. The molecule has 5 nitrogen and oxygen atoms in total. The summed E-state index contributed by atoms with van der Waals surface area (Å²) in [6.07, 6.45) is 2.07. The molecule has 116 valence electrons. The average Bonchev–Trinajstić information content (AvgIpc) is 2.48. The summed E-state index contributed by atoms with van der Waals surface area (Å²) in [5, 5.41) is 0. The van der Waals surface area contributed by atoms with Crippen LogP contribution in [0.3, 0.4) is 0 Å². The number of esters is 1.